The second-order valence-corrected chi connectivity index (χ2v) is 7.16. The van der Waals surface area contributed by atoms with Gasteiger partial charge in [-0.2, -0.15) is 0 Å². The molecule has 1 amide bonds. The molecule has 1 aromatic carbocycles. The maximum absolute atomic E-state index is 12.8. The quantitative estimate of drug-likeness (QED) is 0.666. The number of amides is 1. The van der Waals surface area contributed by atoms with E-state index in [0.717, 1.165) is 18.4 Å². The maximum atomic E-state index is 12.8. The number of nitrogens with zero attached hydrogens (tertiary/aromatic N) is 3. The summed E-state index contributed by atoms with van der Waals surface area (Å²) in [6.45, 7) is 4.12. The van der Waals surface area contributed by atoms with Gasteiger partial charge in [0.2, 0.25) is 0 Å². The molecule has 0 aliphatic heterocycles. The number of nitrogens with one attached hydrogen (secondary N) is 1. The molecule has 0 bridgehead atoms. The molecule has 0 saturated carbocycles. The predicted molar refractivity (Wildman–Crippen MR) is 104 cm³/mol. The molecule has 0 saturated heterocycles. The fourth-order valence-electron chi connectivity index (χ4n) is 2.85. The Bertz CT molecular complexity index is 876. The first kappa shape index (κ1) is 18.5. The summed E-state index contributed by atoms with van der Waals surface area (Å²) in [4.78, 5) is 25.6. The average molecular weight is 387 g/mol. The number of halogens is 1. The van der Waals surface area contributed by atoms with Gasteiger partial charge in [0.15, 0.2) is 10.8 Å². The van der Waals surface area contributed by atoms with E-state index in [1.165, 1.54) is 11.3 Å². The lowest BCUT2D eigenvalue weighted by atomic mass is 9.84. The first-order chi connectivity index (χ1) is 12.6. The van der Waals surface area contributed by atoms with Crippen LogP contribution in [0.3, 0.4) is 0 Å². The summed E-state index contributed by atoms with van der Waals surface area (Å²) in [5.41, 5.74) is 0.939. The third-order valence-corrected chi connectivity index (χ3v) is 5.54. The maximum Gasteiger partial charge on any atom is 0.271 e. The first-order valence-corrected chi connectivity index (χ1v) is 9.65. The van der Waals surface area contributed by atoms with Crippen LogP contribution in [0.5, 0.6) is 0 Å². The lowest BCUT2D eigenvalue weighted by Gasteiger charge is -2.33. The van der Waals surface area contributed by atoms with Crippen molar-refractivity contribution in [3.05, 3.63) is 64.4 Å². The van der Waals surface area contributed by atoms with Crippen molar-refractivity contribution in [2.24, 2.45) is 0 Å². The fraction of sp³-hybridized carbons (Fsp3) is 0.263. The summed E-state index contributed by atoms with van der Waals surface area (Å²) >= 11 is 7.36. The number of rotatable bonds is 6. The molecule has 3 rings (SSSR count). The molecule has 3 aromatic rings. The van der Waals surface area contributed by atoms with Crippen LogP contribution in [0.4, 0.5) is 0 Å². The van der Waals surface area contributed by atoms with Gasteiger partial charge in [0, 0.05) is 22.8 Å². The lowest BCUT2D eigenvalue weighted by Crippen LogP contribution is -2.45. The van der Waals surface area contributed by atoms with Crippen molar-refractivity contribution < 1.29 is 4.79 Å². The molecule has 2 aromatic heterocycles. The minimum Gasteiger partial charge on any atom is -0.341 e. The molecular formula is C19H19ClN4OS. The summed E-state index contributed by atoms with van der Waals surface area (Å²) in [5, 5.41) is 6.20. The van der Waals surface area contributed by atoms with E-state index in [1.54, 1.807) is 23.8 Å². The molecule has 5 nitrogen and oxygen atoms in total. The number of carbonyl (C=O) groups is 1. The van der Waals surface area contributed by atoms with Gasteiger partial charge in [-0.05, 0) is 36.6 Å². The monoisotopic (exact) mass is 386 g/mol. The Morgan fingerprint density at radius 2 is 1.81 bits per heavy atom. The van der Waals surface area contributed by atoms with E-state index in [0.29, 0.717) is 21.5 Å². The zero-order valence-corrected chi connectivity index (χ0v) is 16.1. The normalized spacial score (nSPS) is 11.3. The molecule has 0 unspecified atom stereocenters. The Morgan fingerprint density at radius 3 is 2.42 bits per heavy atom. The summed E-state index contributed by atoms with van der Waals surface area (Å²) in [5.74, 6) is 0.313. The zero-order valence-electron chi connectivity index (χ0n) is 14.6. The molecule has 0 atom stereocenters. The zero-order chi connectivity index (χ0) is 18.6. The topological polar surface area (TPSA) is 67.8 Å². The Kier molecular flexibility index (Phi) is 5.64. The SMILES string of the molecule is CCC(CC)(NC(=O)c1csc(-c2ncccn2)n1)c1ccc(Cl)cc1. The number of hydrogen-bond acceptors (Lipinski definition) is 5. The van der Waals surface area contributed by atoms with Crippen LogP contribution in [0, 0.1) is 0 Å². The highest BCUT2D eigenvalue weighted by molar-refractivity contribution is 7.13. The van der Waals surface area contributed by atoms with Gasteiger partial charge in [-0.3, -0.25) is 4.79 Å². The van der Waals surface area contributed by atoms with E-state index in [4.69, 9.17) is 11.6 Å². The van der Waals surface area contributed by atoms with Crippen molar-refractivity contribution >= 4 is 28.8 Å². The Morgan fingerprint density at radius 1 is 1.15 bits per heavy atom. The smallest absolute Gasteiger partial charge is 0.271 e. The summed E-state index contributed by atoms with van der Waals surface area (Å²) in [6, 6.07) is 9.35. The van der Waals surface area contributed by atoms with Crippen molar-refractivity contribution in [3.8, 4) is 10.8 Å². The molecule has 0 aliphatic carbocycles. The summed E-state index contributed by atoms with van der Waals surface area (Å²) in [6.07, 6.45) is 4.83. The van der Waals surface area contributed by atoms with Crippen molar-refractivity contribution in [3.63, 3.8) is 0 Å². The summed E-state index contributed by atoms with van der Waals surface area (Å²) in [7, 11) is 0. The molecule has 1 N–H and O–H groups in total. The van der Waals surface area contributed by atoms with Gasteiger partial charge in [-0.1, -0.05) is 37.6 Å². The molecule has 26 heavy (non-hydrogen) atoms. The van der Waals surface area contributed by atoms with Gasteiger partial charge in [0.25, 0.3) is 5.91 Å². The van der Waals surface area contributed by atoms with E-state index in [1.807, 2.05) is 24.3 Å². The number of carbonyl (C=O) groups excluding carboxylic acids is 1. The molecular weight excluding hydrogens is 368 g/mol. The van der Waals surface area contributed by atoms with Crippen LogP contribution >= 0.6 is 22.9 Å². The van der Waals surface area contributed by atoms with Crippen LogP contribution in [0.1, 0.15) is 42.7 Å². The third-order valence-electron chi connectivity index (χ3n) is 4.45. The van der Waals surface area contributed by atoms with Crippen LogP contribution in [0.15, 0.2) is 48.1 Å². The largest absolute Gasteiger partial charge is 0.341 e. The highest BCUT2D eigenvalue weighted by Crippen LogP contribution is 2.30. The van der Waals surface area contributed by atoms with Crippen LogP contribution in [0.2, 0.25) is 5.02 Å². The van der Waals surface area contributed by atoms with Gasteiger partial charge >= 0.3 is 0 Å². The second-order valence-electron chi connectivity index (χ2n) is 5.86. The van der Waals surface area contributed by atoms with E-state index in [2.05, 4.69) is 34.1 Å². The van der Waals surface area contributed by atoms with Crippen molar-refractivity contribution in [2.75, 3.05) is 0 Å². The van der Waals surface area contributed by atoms with Crippen LogP contribution in [-0.4, -0.2) is 20.9 Å². The van der Waals surface area contributed by atoms with Crippen LogP contribution < -0.4 is 5.32 Å². The summed E-state index contributed by atoms with van der Waals surface area (Å²) < 4.78 is 0. The number of thiazole rings is 1. The number of aromatic nitrogens is 3. The van der Waals surface area contributed by atoms with Crippen LogP contribution in [-0.2, 0) is 5.54 Å². The molecule has 0 spiro atoms. The van der Waals surface area contributed by atoms with Gasteiger partial charge < -0.3 is 5.32 Å². The minimum atomic E-state index is -0.464. The number of benzene rings is 1. The van der Waals surface area contributed by atoms with E-state index in [9.17, 15) is 4.79 Å². The highest BCUT2D eigenvalue weighted by Gasteiger charge is 2.31. The van der Waals surface area contributed by atoms with Crippen LogP contribution in [0.25, 0.3) is 10.8 Å². The molecule has 7 heteroatoms. The average Bonchev–Trinajstić information content (AvgIpc) is 3.18. The van der Waals surface area contributed by atoms with Crippen molar-refractivity contribution in [1.29, 1.82) is 0 Å². The van der Waals surface area contributed by atoms with E-state index >= 15 is 0 Å². The van der Waals surface area contributed by atoms with Crippen molar-refractivity contribution in [2.45, 2.75) is 32.2 Å². The molecule has 0 aliphatic rings. The second kappa shape index (κ2) is 7.93. The minimum absolute atomic E-state index is 0.206. The Balaban J connectivity index is 1.85. The molecule has 134 valence electrons. The molecule has 0 fully saturated rings. The number of hydrogen-bond donors (Lipinski definition) is 1. The van der Waals surface area contributed by atoms with E-state index in [-0.39, 0.29) is 5.91 Å². The third kappa shape index (κ3) is 3.76. The lowest BCUT2D eigenvalue weighted by molar-refractivity contribution is 0.0885. The van der Waals surface area contributed by atoms with Gasteiger partial charge in [-0.15, -0.1) is 11.3 Å². The van der Waals surface area contributed by atoms with Gasteiger partial charge in [0.05, 0.1) is 5.54 Å². The fourth-order valence-corrected chi connectivity index (χ4v) is 3.72. The Hall–Kier alpha value is -2.31. The highest BCUT2D eigenvalue weighted by atomic mass is 35.5. The first-order valence-electron chi connectivity index (χ1n) is 8.39. The molecule has 0 radical (unpaired) electrons. The van der Waals surface area contributed by atoms with Gasteiger partial charge in [0.1, 0.15) is 5.69 Å². The van der Waals surface area contributed by atoms with E-state index < -0.39 is 5.54 Å². The van der Waals surface area contributed by atoms with Gasteiger partial charge in [-0.25, -0.2) is 15.0 Å². The predicted octanol–water partition coefficient (Wildman–Crippen LogP) is 4.70. The Labute approximate surface area is 161 Å². The van der Waals surface area contributed by atoms with Crippen molar-refractivity contribution in [1.82, 2.24) is 20.3 Å². The molecule has 2 heterocycles. The standard InChI is InChI=1S/C19H19ClN4OS/c1-3-19(4-2,13-6-8-14(20)9-7-13)24-17(25)15-12-26-18(23-15)16-21-10-5-11-22-16/h5-12H,3-4H2,1-2H3,(H,24,25).